The van der Waals surface area contributed by atoms with E-state index in [-0.39, 0.29) is 36.3 Å². The van der Waals surface area contributed by atoms with Gasteiger partial charge < -0.3 is 14.9 Å². The van der Waals surface area contributed by atoms with Crippen LogP contribution in [0.4, 0.5) is 0 Å². The number of rotatable bonds is 4. The Hall–Kier alpha value is -1.48. The lowest BCUT2D eigenvalue weighted by molar-refractivity contribution is -0.0750. The van der Waals surface area contributed by atoms with Gasteiger partial charge in [0.05, 0.1) is 29.3 Å². The molecule has 2 atom stereocenters. The van der Waals surface area contributed by atoms with E-state index in [0.717, 1.165) is 0 Å². The first kappa shape index (κ1) is 15.9. The highest BCUT2D eigenvalue weighted by Crippen LogP contribution is 2.21. The van der Waals surface area contributed by atoms with E-state index in [0.29, 0.717) is 0 Å². The Balaban J connectivity index is 2.26. The van der Waals surface area contributed by atoms with Crippen LogP contribution in [0.3, 0.4) is 0 Å². The molecule has 0 bridgehead atoms. The molecule has 116 valence electrons. The molecular formula is C13H17NO6S. The third-order valence-electron chi connectivity index (χ3n) is 3.24. The predicted molar refractivity (Wildman–Crippen MR) is 73.6 cm³/mol. The van der Waals surface area contributed by atoms with Crippen molar-refractivity contribution in [2.75, 3.05) is 19.7 Å². The van der Waals surface area contributed by atoms with Gasteiger partial charge in [-0.15, -0.1) is 0 Å². The minimum absolute atomic E-state index is 0.0255. The molecule has 8 heteroatoms. The van der Waals surface area contributed by atoms with Crippen LogP contribution in [0.2, 0.25) is 0 Å². The fourth-order valence-corrected chi connectivity index (χ4v) is 3.77. The molecular weight excluding hydrogens is 298 g/mol. The number of aliphatic hydroxyl groups excluding tert-OH is 1. The van der Waals surface area contributed by atoms with E-state index in [9.17, 15) is 13.2 Å². The summed E-state index contributed by atoms with van der Waals surface area (Å²) in [5.74, 6) is -1.11. The second-order valence-electron chi connectivity index (χ2n) is 4.90. The standard InChI is InChI=1S/C13H17NO6S/c1-9-6-14(7-11(8-15)20-9)21(18,19)12-4-2-10(3-5-12)13(16)17/h2-5,9,11,15H,6-8H2,1H3,(H,16,17). The van der Waals surface area contributed by atoms with Gasteiger partial charge in [-0.1, -0.05) is 0 Å². The molecule has 0 radical (unpaired) electrons. The van der Waals surface area contributed by atoms with Crippen molar-refractivity contribution in [1.29, 1.82) is 0 Å². The molecule has 7 nitrogen and oxygen atoms in total. The van der Waals surface area contributed by atoms with Crippen LogP contribution in [-0.4, -0.2) is 60.8 Å². The van der Waals surface area contributed by atoms with Gasteiger partial charge >= 0.3 is 5.97 Å². The Labute approximate surface area is 122 Å². The summed E-state index contributed by atoms with van der Waals surface area (Å²) < 4.78 is 31.7. The molecule has 2 unspecified atom stereocenters. The monoisotopic (exact) mass is 315 g/mol. The first-order valence-electron chi connectivity index (χ1n) is 6.44. The largest absolute Gasteiger partial charge is 0.478 e. The summed E-state index contributed by atoms with van der Waals surface area (Å²) in [4.78, 5) is 10.8. The lowest BCUT2D eigenvalue weighted by Crippen LogP contribution is -2.50. The minimum atomic E-state index is -3.73. The molecule has 1 aliphatic rings. The Morgan fingerprint density at radius 3 is 2.48 bits per heavy atom. The van der Waals surface area contributed by atoms with Gasteiger partial charge in [0.15, 0.2) is 0 Å². The third kappa shape index (κ3) is 3.41. The quantitative estimate of drug-likeness (QED) is 0.820. The van der Waals surface area contributed by atoms with Crippen LogP contribution in [0.1, 0.15) is 17.3 Å². The smallest absolute Gasteiger partial charge is 0.335 e. The number of hydrogen-bond donors (Lipinski definition) is 2. The number of carboxylic acid groups (broad SMARTS) is 1. The summed E-state index contributed by atoms with van der Waals surface area (Å²) in [6.45, 7) is 1.75. The number of aromatic carboxylic acids is 1. The molecule has 1 fully saturated rings. The predicted octanol–water partition coefficient (Wildman–Crippen LogP) is 0.155. The van der Waals surface area contributed by atoms with E-state index in [1.54, 1.807) is 6.92 Å². The van der Waals surface area contributed by atoms with Gasteiger partial charge in [0.1, 0.15) is 0 Å². The number of carboxylic acids is 1. The number of hydrogen-bond acceptors (Lipinski definition) is 5. The maximum Gasteiger partial charge on any atom is 0.335 e. The fraction of sp³-hybridized carbons (Fsp3) is 0.462. The molecule has 1 aliphatic heterocycles. The number of ether oxygens (including phenoxy) is 1. The molecule has 0 spiro atoms. The summed E-state index contributed by atoms with van der Waals surface area (Å²) >= 11 is 0. The van der Waals surface area contributed by atoms with Crippen molar-refractivity contribution in [3.8, 4) is 0 Å². The van der Waals surface area contributed by atoms with Gasteiger partial charge in [-0.25, -0.2) is 13.2 Å². The van der Waals surface area contributed by atoms with Gasteiger partial charge in [0.2, 0.25) is 10.0 Å². The zero-order chi connectivity index (χ0) is 15.6. The van der Waals surface area contributed by atoms with E-state index in [1.165, 1.54) is 28.6 Å². The topological polar surface area (TPSA) is 104 Å². The summed E-state index contributed by atoms with van der Waals surface area (Å²) in [6.07, 6.45) is -0.870. The Morgan fingerprint density at radius 2 is 1.95 bits per heavy atom. The molecule has 2 rings (SSSR count). The third-order valence-corrected chi connectivity index (χ3v) is 5.08. The van der Waals surface area contributed by atoms with Gasteiger partial charge in [-0.2, -0.15) is 4.31 Å². The van der Waals surface area contributed by atoms with Crippen LogP contribution in [-0.2, 0) is 14.8 Å². The molecule has 0 saturated carbocycles. The van der Waals surface area contributed by atoms with Gasteiger partial charge in [-0.05, 0) is 31.2 Å². The Kier molecular flexibility index (Phi) is 4.62. The lowest BCUT2D eigenvalue weighted by Gasteiger charge is -2.35. The number of carbonyl (C=O) groups is 1. The van der Waals surface area contributed by atoms with Crippen LogP contribution >= 0.6 is 0 Å². The van der Waals surface area contributed by atoms with E-state index in [4.69, 9.17) is 14.9 Å². The Morgan fingerprint density at radius 1 is 1.33 bits per heavy atom. The van der Waals surface area contributed by atoms with Gasteiger partial charge in [-0.3, -0.25) is 0 Å². The van der Waals surface area contributed by atoms with Crippen molar-refractivity contribution in [2.24, 2.45) is 0 Å². The second-order valence-corrected chi connectivity index (χ2v) is 6.84. The zero-order valence-corrected chi connectivity index (χ0v) is 12.3. The zero-order valence-electron chi connectivity index (χ0n) is 11.5. The summed E-state index contributed by atoms with van der Waals surface area (Å²) in [6, 6.07) is 5.05. The fourth-order valence-electron chi connectivity index (χ4n) is 2.22. The number of aliphatic hydroxyl groups is 1. The number of morpholine rings is 1. The molecule has 1 heterocycles. The van der Waals surface area contributed by atoms with Crippen LogP contribution < -0.4 is 0 Å². The normalized spacial score (nSPS) is 23.9. The number of benzene rings is 1. The van der Waals surface area contributed by atoms with Crippen LogP contribution in [0.25, 0.3) is 0 Å². The highest BCUT2D eigenvalue weighted by Gasteiger charge is 2.33. The lowest BCUT2D eigenvalue weighted by atomic mass is 10.2. The highest BCUT2D eigenvalue weighted by molar-refractivity contribution is 7.89. The maximum atomic E-state index is 12.5. The molecule has 1 aromatic carbocycles. The molecule has 0 aliphatic carbocycles. The van der Waals surface area contributed by atoms with Crippen LogP contribution in [0.5, 0.6) is 0 Å². The van der Waals surface area contributed by atoms with E-state index >= 15 is 0 Å². The number of nitrogens with zero attached hydrogens (tertiary/aromatic N) is 1. The maximum absolute atomic E-state index is 12.5. The first-order chi connectivity index (χ1) is 9.84. The molecule has 0 amide bonds. The molecule has 21 heavy (non-hydrogen) atoms. The van der Waals surface area contributed by atoms with Gasteiger partial charge in [0, 0.05) is 13.1 Å². The van der Waals surface area contributed by atoms with E-state index < -0.39 is 22.1 Å². The first-order valence-corrected chi connectivity index (χ1v) is 7.88. The van der Waals surface area contributed by atoms with Crippen molar-refractivity contribution in [3.05, 3.63) is 29.8 Å². The molecule has 0 aromatic heterocycles. The Bertz CT molecular complexity index is 612. The van der Waals surface area contributed by atoms with Crippen molar-refractivity contribution < 1.29 is 28.2 Å². The van der Waals surface area contributed by atoms with Crippen molar-refractivity contribution >= 4 is 16.0 Å². The average molecular weight is 315 g/mol. The minimum Gasteiger partial charge on any atom is -0.478 e. The van der Waals surface area contributed by atoms with Crippen molar-refractivity contribution in [2.45, 2.75) is 24.0 Å². The van der Waals surface area contributed by atoms with Crippen LogP contribution in [0, 0.1) is 0 Å². The summed E-state index contributed by atoms with van der Waals surface area (Å²) in [5.41, 5.74) is 0.0255. The van der Waals surface area contributed by atoms with Gasteiger partial charge in [0.25, 0.3) is 0 Å². The molecule has 1 saturated heterocycles. The number of sulfonamides is 1. The molecule has 2 N–H and O–H groups in total. The van der Waals surface area contributed by atoms with Crippen molar-refractivity contribution in [3.63, 3.8) is 0 Å². The van der Waals surface area contributed by atoms with E-state index in [2.05, 4.69) is 0 Å². The van der Waals surface area contributed by atoms with Crippen molar-refractivity contribution in [1.82, 2.24) is 4.31 Å². The average Bonchev–Trinajstić information content (AvgIpc) is 2.46. The van der Waals surface area contributed by atoms with Crippen LogP contribution in [0.15, 0.2) is 29.2 Å². The molecule has 1 aromatic rings. The highest BCUT2D eigenvalue weighted by atomic mass is 32.2. The SMILES string of the molecule is CC1CN(S(=O)(=O)c2ccc(C(=O)O)cc2)CC(CO)O1. The van der Waals surface area contributed by atoms with E-state index in [1.807, 2.05) is 0 Å². The summed E-state index contributed by atoms with van der Waals surface area (Å²) in [5, 5.41) is 18.0. The summed E-state index contributed by atoms with van der Waals surface area (Å²) in [7, 11) is -3.73. The second kappa shape index (κ2) is 6.10.